The Bertz CT molecular complexity index is 613. The lowest BCUT2D eigenvalue weighted by atomic mass is 10.2. The van der Waals surface area contributed by atoms with E-state index in [1.165, 1.54) is 12.1 Å². The van der Waals surface area contributed by atoms with Gasteiger partial charge in [0.2, 0.25) is 5.89 Å². The van der Waals surface area contributed by atoms with Gasteiger partial charge >= 0.3 is 0 Å². The van der Waals surface area contributed by atoms with Crippen molar-refractivity contribution in [1.29, 1.82) is 0 Å². The first-order valence-corrected chi connectivity index (χ1v) is 6.01. The molecule has 0 unspecified atom stereocenters. The maximum Gasteiger partial charge on any atom is 0.226 e. The SMILES string of the molecule is Fc1ccc(-c2ncc(-c3ccsc3)o2)cc1. The number of aromatic nitrogens is 1. The van der Waals surface area contributed by atoms with Crippen LogP contribution in [0.4, 0.5) is 4.39 Å². The molecule has 0 atom stereocenters. The summed E-state index contributed by atoms with van der Waals surface area (Å²) >= 11 is 1.60. The smallest absolute Gasteiger partial charge is 0.226 e. The minimum Gasteiger partial charge on any atom is -0.436 e. The highest BCUT2D eigenvalue weighted by Gasteiger charge is 2.08. The fraction of sp³-hybridized carbons (Fsp3) is 0. The Hall–Kier alpha value is -1.94. The van der Waals surface area contributed by atoms with Gasteiger partial charge in [0.15, 0.2) is 5.76 Å². The second-order valence-corrected chi connectivity index (χ2v) is 4.33. The quantitative estimate of drug-likeness (QED) is 0.676. The summed E-state index contributed by atoms with van der Waals surface area (Å²) in [6, 6.07) is 8.06. The van der Waals surface area contributed by atoms with Crippen LogP contribution in [0, 0.1) is 5.82 Å². The van der Waals surface area contributed by atoms with E-state index in [9.17, 15) is 4.39 Å². The summed E-state index contributed by atoms with van der Waals surface area (Å²) in [5, 5.41) is 3.98. The summed E-state index contributed by atoms with van der Waals surface area (Å²) in [5.41, 5.74) is 1.78. The van der Waals surface area contributed by atoms with Crippen molar-refractivity contribution in [3.05, 3.63) is 53.1 Å². The minimum atomic E-state index is -0.265. The Balaban J connectivity index is 1.98. The maximum atomic E-state index is 12.8. The van der Waals surface area contributed by atoms with Gasteiger partial charge in [-0.1, -0.05) is 0 Å². The average molecular weight is 245 g/mol. The van der Waals surface area contributed by atoms with Crippen molar-refractivity contribution in [1.82, 2.24) is 4.98 Å². The van der Waals surface area contributed by atoms with Gasteiger partial charge in [0.25, 0.3) is 0 Å². The highest BCUT2D eigenvalue weighted by Crippen LogP contribution is 2.27. The fourth-order valence-electron chi connectivity index (χ4n) is 1.54. The predicted molar refractivity (Wildman–Crippen MR) is 65.2 cm³/mol. The first-order chi connectivity index (χ1) is 8.33. The van der Waals surface area contributed by atoms with Crippen molar-refractivity contribution in [2.24, 2.45) is 0 Å². The number of hydrogen-bond donors (Lipinski definition) is 0. The predicted octanol–water partition coefficient (Wildman–Crippen LogP) is 4.21. The molecule has 0 saturated carbocycles. The molecule has 3 aromatic rings. The number of halogens is 1. The lowest BCUT2D eigenvalue weighted by Gasteiger charge is -1.94. The Morgan fingerprint density at radius 3 is 2.59 bits per heavy atom. The van der Waals surface area contributed by atoms with Crippen LogP contribution in [0.5, 0.6) is 0 Å². The number of benzene rings is 1. The molecular weight excluding hydrogens is 237 g/mol. The molecule has 0 aliphatic rings. The molecule has 0 amide bonds. The van der Waals surface area contributed by atoms with Gasteiger partial charge in [0, 0.05) is 16.5 Å². The Kier molecular flexibility index (Phi) is 2.49. The second-order valence-electron chi connectivity index (χ2n) is 3.55. The van der Waals surface area contributed by atoms with Crippen LogP contribution in [0.1, 0.15) is 0 Å². The molecule has 2 heterocycles. The van der Waals surface area contributed by atoms with Crippen LogP contribution >= 0.6 is 11.3 Å². The van der Waals surface area contributed by atoms with Gasteiger partial charge in [0.1, 0.15) is 5.82 Å². The van der Waals surface area contributed by atoms with Crippen molar-refractivity contribution in [3.63, 3.8) is 0 Å². The van der Waals surface area contributed by atoms with E-state index in [0.717, 1.165) is 16.9 Å². The molecule has 17 heavy (non-hydrogen) atoms. The summed E-state index contributed by atoms with van der Waals surface area (Å²) < 4.78 is 18.4. The van der Waals surface area contributed by atoms with E-state index in [1.807, 2.05) is 16.8 Å². The molecule has 0 fully saturated rings. The third-order valence-corrected chi connectivity index (χ3v) is 3.09. The van der Waals surface area contributed by atoms with Crippen LogP contribution in [-0.2, 0) is 0 Å². The fourth-order valence-corrected chi connectivity index (χ4v) is 2.18. The molecule has 2 nitrogen and oxygen atoms in total. The zero-order valence-electron chi connectivity index (χ0n) is 8.76. The minimum absolute atomic E-state index is 0.265. The number of nitrogens with zero attached hydrogens (tertiary/aromatic N) is 1. The zero-order chi connectivity index (χ0) is 11.7. The first-order valence-electron chi connectivity index (χ1n) is 5.07. The molecular formula is C13H8FNOS. The third kappa shape index (κ3) is 1.99. The lowest BCUT2D eigenvalue weighted by molar-refractivity contribution is 0.588. The number of oxazole rings is 1. The lowest BCUT2D eigenvalue weighted by Crippen LogP contribution is -1.77. The highest BCUT2D eigenvalue weighted by atomic mass is 32.1. The number of rotatable bonds is 2. The Morgan fingerprint density at radius 2 is 1.88 bits per heavy atom. The molecule has 3 rings (SSSR count). The first kappa shape index (κ1) is 10.2. The van der Waals surface area contributed by atoms with Crippen molar-refractivity contribution in [3.8, 4) is 22.8 Å². The van der Waals surface area contributed by atoms with Crippen molar-refractivity contribution >= 4 is 11.3 Å². The molecule has 0 radical (unpaired) electrons. The highest BCUT2D eigenvalue weighted by molar-refractivity contribution is 7.08. The van der Waals surface area contributed by atoms with E-state index >= 15 is 0 Å². The molecule has 0 aliphatic heterocycles. The van der Waals surface area contributed by atoms with Crippen LogP contribution in [0.25, 0.3) is 22.8 Å². The van der Waals surface area contributed by atoms with E-state index in [2.05, 4.69) is 4.98 Å². The average Bonchev–Trinajstić information content (AvgIpc) is 3.00. The Morgan fingerprint density at radius 1 is 1.06 bits per heavy atom. The molecule has 0 spiro atoms. The van der Waals surface area contributed by atoms with Gasteiger partial charge < -0.3 is 4.42 Å². The van der Waals surface area contributed by atoms with Gasteiger partial charge in [-0.15, -0.1) is 0 Å². The van der Waals surface area contributed by atoms with Crippen LogP contribution < -0.4 is 0 Å². The van der Waals surface area contributed by atoms with Crippen LogP contribution in [-0.4, -0.2) is 4.98 Å². The normalized spacial score (nSPS) is 10.6. The molecule has 4 heteroatoms. The largest absolute Gasteiger partial charge is 0.436 e. The van der Waals surface area contributed by atoms with Crippen LogP contribution in [0.15, 0.2) is 51.7 Å². The second kappa shape index (κ2) is 4.14. The summed E-state index contributed by atoms with van der Waals surface area (Å²) in [4.78, 5) is 4.19. The van der Waals surface area contributed by atoms with Crippen LogP contribution in [0.3, 0.4) is 0 Å². The van der Waals surface area contributed by atoms with E-state index in [4.69, 9.17) is 4.42 Å². The van der Waals surface area contributed by atoms with E-state index < -0.39 is 0 Å². The third-order valence-electron chi connectivity index (χ3n) is 2.40. The topological polar surface area (TPSA) is 26.0 Å². The van der Waals surface area contributed by atoms with E-state index in [1.54, 1.807) is 29.7 Å². The molecule has 84 valence electrons. The zero-order valence-corrected chi connectivity index (χ0v) is 9.58. The number of hydrogen-bond acceptors (Lipinski definition) is 3. The van der Waals surface area contributed by atoms with Crippen molar-refractivity contribution in [2.75, 3.05) is 0 Å². The number of thiophene rings is 1. The standard InChI is InChI=1S/C13H8FNOS/c14-11-3-1-9(2-4-11)13-15-7-12(16-13)10-5-6-17-8-10/h1-8H. The maximum absolute atomic E-state index is 12.8. The molecule has 1 aromatic carbocycles. The van der Waals surface area contributed by atoms with Gasteiger partial charge in [-0.2, -0.15) is 11.3 Å². The van der Waals surface area contributed by atoms with Gasteiger partial charge in [-0.25, -0.2) is 9.37 Å². The molecule has 0 N–H and O–H groups in total. The van der Waals surface area contributed by atoms with Gasteiger partial charge in [-0.05, 0) is 35.7 Å². The molecule has 0 aliphatic carbocycles. The summed E-state index contributed by atoms with van der Waals surface area (Å²) in [6.45, 7) is 0. The molecule has 2 aromatic heterocycles. The van der Waals surface area contributed by atoms with Crippen LogP contribution in [0.2, 0.25) is 0 Å². The monoisotopic (exact) mass is 245 g/mol. The summed E-state index contributed by atoms with van der Waals surface area (Å²) in [6.07, 6.45) is 1.68. The summed E-state index contributed by atoms with van der Waals surface area (Å²) in [5.74, 6) is 0.968. The van der Waals surface area contributed by atoms with Gasteiger partial charge in [0.05, 0.1) is 6.20 Å². The molecule has 0 saturated heterocycles. The molecule has 0 bridgehead atoms. The summed E-state index contributed by atoms with van der Waals surface area (Å²) in [7, 11) is 0. The van der Waals surface area contributed by atoms with Crippen molar-refractivity contribution < 1.29 is 8.81 Å². The van der Waals surface area contributed by atoms with Crippen molar-refractivity contribution in [2.45, 2.75) is 0 Å². The Labute approximate surface area is 101 Å². The van der Waals surface area contributed by atoms with E-state index in [0.29, 0.717) is 5.89 Å². The van der Waals surface area contributed by atoms with E-state index in [-0.39, 0.29) is 5.82 Å². The van der Waals surface area contributed by atoms with Gasteiger partial charge in [-0.3, -0.25) is 0 Å².